The number of rotatable bonds is 5. The molecule has 0 aliphatic heterocycles. The van der Waals surface area contributed by atoms with E-state index in [2.05, 4.69) is 13.8 Å². The van der Waals surface area contributed by atoms with Gasteiger partial charge in [-0.05, 0) is 29.4 Å². The summed E-state index contributed by atoms with van der Waals surface area (Å²) in [6, 6.07) is 3.93. The molecule has 0 atom stereocenters. The number of hydrogen-bond acceptors (Lipinski definition) is 2. The molecule has 0 fully saturated rings. The number of thioether (sulfide) groups is 1. The molecular weight excluding hydrogens is 227 g/mol. The van der Waals surface area contributed by atoms with Crippen molar-refractivity contribution in [2.45, 2.75) is 19.6 Å². The second-order valence-electron chi connectivity index (χ2n) is 4.02. The monoisotopic (exact) mass is 242 g/mol. The predicted octanol–water partition coefficient (Wildman–Crippen LogP) is 3.41. The van der Waals surface area contributed by atoms with Crippen LogP contribution < -0.4 is 0 Å². The summed E-state index contributed by atoms with van der Waals surface area (Å²) in [6.45, 7) is 4.21. The Morgan fingerprint density at radius 2 is 2.19 bits per heavy atom. The molecule has 0 aromatic heterocycles. The first kappa shape index (κ1) is 13.0. The van der Waals surface area contributed by atoms with Gasteiger partial charge < -0.3 is 5.11 Å². The van der Waals surface area contributed by atoms with Gasteiger partial charge in [-0.15, -0.1) is 0 Å². The first-order chi connectivity index (χ1) is 7.50. The number of aromatic carboxylic acids is 1. The molecule has 0 aliphatic carbocycles. The summed E-state index contributed by atoms with van der Waals surface area (Å²) < 4.78 is 12.9. The molecule has 4 heteroatoms. The van der Waals surface area contributed by atoms with Crippen LogP contribution in [0.4, 0.5) is 4.39 Å². The van der Waals surface area contributed by atoms with Crippen LogP contribution in [-0.4, -0.2) is 16.8 Å². The Kier molecular flexibility index (Phi) is 4.80. The van der Waals surface area contributed by atoms with Crippen molar-refractivity contribution in [3.8, 4) is 0 Å². The molecule has 88 valence electrons. The minimum absolute atomic E-state index is 0.0660. The summed E-state index contributed by atoms with van der Waals surface area (Å²) in [6.07, 6.45) is 0. The summed E-state index contributed by atoms with van der Waals surface area (Å²) in [4.78, 5) is 10.9. The highest BCUT2D eigenvalue weighted by atomic mass is 32.2. The van der Waals surface area contributed by atoms with Crippen molar-refractivity contribution in [3.05, 3.63) is 35.1 Å². The molecule has 16 heavy (non-hydrogen) atoms. The minimum atomic E-state index is -1.07. The van der Waals surface area contributed by atoms with E-state index < -0.39 is 11.8 Å². The van der Waals surface area contributed by atoms with E-state index in [9.17, 15) is 9.18 Å². The number of carbonyl (C=O) groups is 1. The molecule has 1 N–H and O–H groups in total. The predicted molar refractivity (Wildman–Crippen MR) is 64.4 cm³/mol. The molecule has 1 aromatic carbocycles. The van der Waals surface area contributed by atoms with E-state index in [1.54, 1.807) is 17.8 Å². The molecule has 0 aliphatic rings. The quantitative estimate of drug-likeness (QED) is 0.859. The minimum Gasteiger partial charge on any atom is -0.478 e. The number of carboxylic acids is 1. The average Bonchev–Trinajstić information content (AvgIpc) is 2.19. The summed E-state index contributed by atoms with van der Waals surface area (Å²) >= 11 is 1.67. The van der Waals surface area contributed by atoms with E-state index in [4.69, 9.17) is 5.11 Å². The smallest absolute Gasteiger partial charge is 0.336 e. The summed E-state index contributed by atoms with van der Waals surface area (Å²) in [5, 5.41) is 8.92. The molecule has 0 spiro atoms. The lowest BCUT2D eigenvalue weighted by atomic mass is 10.1. The SMILES string of the molecule is CC(C)CSCc1ccc(F)cc1C(=O)O. The fourth-order valence-corrected chi connectivity index (χ4v) is 2.34. The van der Waals surface area contributed by atoms with E-state index in [0.717, 1.165) is 11.8 Å². The number of halogens is 1. The molecule has 0 saturated carbocycles. The van der Waals surface area contributed by atoms with E-state index >= 15 is 0 Å². The van der Waals surface area contributed by atoms with Gasteiger partial charge in [-0.25, -0.2) is 9.18 Å². The third-order valence-electron chi connectivity index (χ3n) is 2.01. The van der Waals surface area contributed by atoms with Crippen LogP contribution in [0.5, 0.6) is 0 Å². The highest BCUT2D eigenvalue weighted by Crippen LogP contribution is 2.19. The van der Waals surface area contributed by atoms with Crippen molar-refractivity contribution < 1.29 is 14.3 Å². The molecule has 0 saturated heterocycles. The van der Waals surface area contributed by atoms with Crippen LogP contribution >= 0.6 is 11.8 Å². The van der Waals surface area contributed by atoms with E-state index in [1.165, 1.54) is 6.07 Å². The van der Waals surface area contributed by atoms with Crippen molar-refractivity contribution in [2.24, 2.45) is 5.92 Å². The third kappa shape index (κ3) is 3.85. The maximum atomic E-state index is 12.9. The van der Waals surface area contributed by atoms with Crippen LogP contribution in [-0.2, 0) is 5.75 Å². The molecule has 0 amide bonds. The third-order valence-corrected chi connectivity index (χ3v) is 3.43. The van der Waals surface area contributed by atoms with Crippen molar-refractivity contribution in [1.82, 2.24) is 0 Å². The van der Waals surface area contributed by atoms with Crippen LogP contribution in [0.2, 0.25) is 0 Å². The first-order valence-corrected chi connectivity index (χ1v) is 6.25. The Morgan fingerprint density at radius 3 is 2.75 bits per heavy atom. The second-order valence-corrected chi connectivity index (χ2v) is 5.05. The Hall–Kier alpha value is -1.03. The Bertz CT molecular complexity index is 377. The van der Waals surface area contributed by atoms with Gasteiger partial charge in [0.25, 0.3) is 0 Å². The molecule has 1 aromatic rings. The van der Waals surface area contributed by atoms with Gasteiger partial charge in [0.1, 0.15) is 5.82 Å². The topological polar surface area (TPSA) is 37.3 Å². The van der Waals surface area contributed by atoms with Crippen molar-refractivity contribution in [3.63, 3.8) is 0 Å². The van der Waals surface area contributed by atoms with Crippen LogP contribution in [0.25, 0.3) is 0 Å². The standard InChI is InChI=1S/C12H15FO2S/c1-8(2)6-16-7-9-3-4-10(13)5-11(9)12(14)15/h3-5,8H,6-7H2,1-2H3,(H,14,15). The van der Waals surface area contributed by atoms with Gasteiger partial charge in [0, 0.05) is 5.75 Å². The van der Waals surface area contributed by atoms with Crippen LogP contribution in [0.1, 0.15) is 29.8 Å². The second kappa shape index (κ2) is 5.89. The van der Waals surface area contributed by atoms with Crippen molar-refractivity contribution >= 4 is 17.7 Å². The van der Waals surface area contributed by atoms with E-state index in [0.29, 0.717) is 17.2 Å². The maximum absolute atomic E-state index is 12.9. The zero-order chi connectivity index (χ0) is 12.1. The number of carboxylic acid groups (broad SMARTS) is 1. The van der Waals surface area contributed by atoms with Gasteiger partial charge in [0.05, 0.1) is 5.56 Å². The van der Waals surface area contributed by atoms with Crippen LogP contribution in [0.15, 0.2) is 18.2 Å². The molecular formula is C12H15FO2S. The fourth-order valence-electron chi connectivity index (χ4n) is 1.28. The maximum Gasteiger partial charge on any atom is 0.336 e. The van der Waals surface area contributed by atoms with Gasteiger partial charge in [0.15, 0.2) is 0 Å². The Labute approximate surface area is 98.9 Å². The van der Waals surface area contributed by atoms with Gasteiger partial charge in [-0.1, -0.05) is 19.9 Å². The zero-order valence-corrected chi connectivity index (χ0v) is 10.2. The molecule has 1 rings (SSSR count). The largest absolute Gasteiger partial charge is 0.478 e. The van der Waals surface area contributed by atoms with Crippen molar-refractivity contribution in [1.29, 1.82) is 0 Å². The van der Waals surface area contributed by atoms with Crippen LogP contribution in [0, 0.1) is 11.7 Å². The zero-order valence-electron chi connectivity index (χ0n) is 9.37. The summed E-state index contributed by atoms with van der Waals surface area (Å²) in [7, 11) is 0. The highest BCUT2D eigenvalue weighted by Gasteiger charge is 2.11. The first-order valence-electron chi connectivity index (χ1n) is 5.10. The Balaban J connectivity index is 2.75. The lowest BCUT2D eigenvalue weighted by Gasteiger charge is -2.07. The van der Waals surface area contributed by atoms with Gasteiger partial charge >= 0.3 is 5.97 Å². The van der Waals surface area contributed by atoms with Crippen LogP contribution in [0.3, 0.4) is 0 Å². The summed E-state index contributed by atoms with van der Waals surface area (Å²) in [5.41, 5.74) is 0.746. The molecule has 2 nitrogen and oxygen atoms in total. The average molecular weight is 242 g/mol. The number of hydrogen-bond donors (Lipinski definition) is 1. The molecule has 0 heterocycles. The fraction of sp³-hybridized carbons (Fsp3) is 0.417. The lowest BCUT2D eigenvalue weighted by molar-refractivity contribution is 0.0695. The lowest BCUT2D eigenvalue weighted by Crippen LogP contribution is -2.03. The van der Waals surface area contributed by atoms with Gasteiger partial charge in [-0.3, -0.25) is 0 Å². The molecule has 0 radical (unpaired) electrons. The van der Waals surface area contributed by atoms with E-state index in [-0.39, 0.29) is 5.56 Å². The van der Waals surface area contributed by atoms with Gasteiger partial charge in [-0.2, -0.15) is 11.8 Å². The number of benzene rings is 1. The molecule has 0 unspecified atom stereocenters. The highest BCUT2D eigenvalue weighted by molar-refractivity contribution is 7.98. The normalized spacial score (nSPS) is 10.8. The van der Waals surface area contributed by atoms with E-state index in [1.807, 2.05) is 0 Å². The molecule has 0 bridgehead atoms. The van der Waals surface area contributed by atoms with Gasteiger partial charge in [0.2, 0.25) is 0 Å². The van der Waals surface area contributed by atoms with Crippen molar-refractivity contribution in [2.75, 3.05) is 5.75 Å². The summed E-state index contributed by atoms with van der Waals surface area (Å²) in [5.74, 6) is 0.574. The Morgan fingerprint density at radius 1 is 1.50 bits per heavy atom.